The van der Waals surface area contributed by atoms with Gasteiger partial charge in [0.25, 0.3) is 0 Å². The van der Waals surface area contributed by atoms with Gasteiger partial charge >= 0.3 is 0 Å². The summed E-state index contributed by atoms with van der Waals surface area (Å²) in [6, 6.07) is 0. The number of hydrogen-bond donors (Lipinski definition) is 0. The summed E-state index contributed by atoms with van der Waals surface area (Å²) in [5.41, 5.74) is 0. The van der Waals surface area contributed by atoms with E-state index in [0.717, 1.165) is 6.42 Å². The Hall–Kier alpha value is -0.530. The predicted molar refractivity (Wildman–Crippen MR) is 38.6 cm³/mol. The van der Waals surface area contributed by atoms with Gasteiger partial charge in [0.05, 0.1) is 6.72 Å². The molecule has 0 rings (SSSR count). The Bertz CT molecular complexity index is 73.3. The van der Waals surface area contributed by atoms with Gasteiger partial charge in [0, 0.05) is 0 Å². The molecule has 0 heterocycles. The first-order valence-corrected chi connectivity index (χ1v) is 3.37. The van der Waals surface area contributed by atoms with Gasteiger partial charge in [0.2, 0.25) is 0 Å². The highest BCUT2D eigenvalue weighted by atomic mass is 16.6. The van der Waals surface area contributed by atoms with Crippen LogP contribution in [0, 0.1) is 0 Å². The minimum absolute atomic E-state index is 0.176. The molecule has 2 heteroatoms. The van der Waals surface area contributed by atoms with E-state index >= 15 is 0 Å². The standard InChI is InChI=1S/C7H14NO/c1-4-5-6-7(2)9-8-3/h3,7H,4-6H2,1-2H3. The molecule has 0 bridgehead atoms. The van der Waals surface area contributed by atoms with Crippen LogP contribution in [0.3, 0.4) is 0 Å². The SMILES string of the molecule is [CH]=NOC(C)CCCC. The van der Waals surface area contributed by atoms with Crippen molar-refractivity contribution in [3.8, 4) is 0 Å². The van der Waals surface area contributed by atoms with Gasteiger partial charge in [-0.2, -0.15) is 0 Å². The summed E-state index contributed by atoms with van der Waals surface area (Å²) >= 11 is 0. The second kappa shape index (κ2) is 5.60. The quantitative estimate of drug-likeness (QED) is 0.410. The Morgan fingerprint density at radius 1 is 1.67 bits per heavy atom. The zero-order valence-corrected chi connectivity index (χ0v) is 6.13. The molecule has 0 fully saturated rings. The number of unbranched alkanes of at least 4 members (excludes halogenated alkanes) is 1. The monoisotopic (exact) mass is 128 g/mol. The van der Waals surface area contributed by atoms with E-state index in [9.17, 15) is 0 Å². The Balaban J connectivity index is 3.04. The van der Waals surface area contributed by atoms with Crippen molar-refractivity contribution in [2.45, 2.75) is 39.2 Å². The molecule has 0 aromatic heterocycles. The Morgan fingerprint density at radius 3 is 2.78 bits per heavy atom. The molecule has 2 nitrogen and oxygen atoms in total. The van der Waals surface area contributed by atoms with Crippen LogP contribution in [-0.2, 0) is 4.84 Å². The van der Waals surface area contributed by atoms with E-state index in [1.54, 1.807) is 0 Å². The first kappa shape index (κ1) is 8.47. The number of hydrogen-bond acceptors (Lipinski definition) is 2. The van der Waals surface area contributed by atoms with Crippen molar-refractivity contribution in [2.75, 3.05) is 0 Å². The average Bonchev–Trinajstić information content (AvgIpc) is 1.85. The average molecular weight is 128 g/mol. The van der Waals surface area contributed by atoms with Crippen LogP contribution >= 0.6 is 0 Å². The van der Waals surface area contributed by atoms with Crippen molar-refractivity contribution < 1.29 is 4.84 Å². The second-order valence-corrected chi connectivity index (χ2v) is 2.16. The first-order valence-electron chi connectivity index (χ1n) is 3.37. The topological polar surface area (TPSA) is 21.6 Å². The summed E-state index contributed by atoms with van der Waals surface area (Å²) in [6.07, 6.45) is 3.58. The lowest BCUT2D eigenvalue weighted by Crippen LogP contribution is -2.02. The fourth-order valence-corrected chi connectivity index (χ4v) is 0.648. The lowest BCUT2D eigenvalue weighted by molar-refractivity contribution is 0.0669. The molecule has 53 valence electrons. The van der Waals surface area contributed by atoms with Gasteiger partial charge in [-0.25, -0.2) is 0 Å². The molecule has 1 radical (unpaired) electrons. The van der Waals surface area contributed by atoms with Crippen molar-refractivity contribution in [3.05, 3.63) is 0 Å². The summed E-state index contributed by atoms with van der Waals surface area (Å²) in [5, 5.41) is 3.09. The van der Waals surface area contributed by atoms with Crippen LogP contribution in [0.25, 0.3) is 0 Å². The zero-order chi connectivity index (χ0) is 7.11. The lowest BCUT2D eigenvalue weighted by atomic mass is 10.2. The maximum absolute atomic E-state index is 4.80. The maximum Gasteiger partial charge on any atom is 0.124 e. The van der Waals surface area contributed by atoms with E-state index in [4.69, 9.17) is 11.6 Å². The third kappa shape index (κ3) is 5.34. The molecule has 1 atom stereocenters. The van der Waals surface area contributed by atoms with Crippen molar-refractivity contribution in [1.82, 2.24) is 0 Å². The molecule has 0 N–H and O–H groups in total. The smallest absolute Gasteiger partial charge is 0.124 e. The molecule has 0 aromatic carbocycles. The number of rotatable bonds is 5. The van der Waals surface area contributed by atoms with Gasteiger partial charge < -0.3 is 4.84 Å². The van der Waals surface area contributed by atoms with Crippen LogP contribution in [0.4, 0.5) is 0 Å². The van der Waals surface area contributed by atoms with Crippen molar-refractivity contribution in [1.29, 1.82) is 0 Å². The predicted octanol–water partition coefficient (Wildman–Crippen LogP) is 2.07. The third-order valence-electron chi connectivity index (χ3n) is 1.21. The Kier molecular flexibility index (Phi) is 5.27. The van der Waals surface area contributed by atoms with E-state index in [1.807, 2.05) is 6.92 Å². The Labute approximate surface area is 56.9 Å². The van der Waals surface area contributed by atoms with Gasteiger partial charge in [0.1, 0.15) is 6.10 Å². The molecule has 0 spiro atoms. The summed E-state index contributed by atoms with van der Waals surface area (Å²) < 4.78 is 0. The Morgan fingerprint density at radius 2 is 2.33 bits per heavy atom. The molecule has 0 aliphatic heterocycles. The van der Waals surface area contributed by atoms with E-state index in [0.29, 0.717) is 0 Å². The zero-order valence-electron chi connectivity index (χ0n) is 6.13. The lowest BCUT2D eigenvalue weighted by Gasteiger charge is -2.06. The van der Waals surface area contributed by atoms with E-state index in [2.05, 4.69) is 12.1 Å². The van der Waals surface area contributed by atoms with Crippen molar-refractivity contribution >= 4 is 6.72 Å². The highest BCUT2D eigenvalue weighted by molar-refractivity contribution is 5.21. The second-order valence-electron chi connectivity index (χ2n) is 2.16. The highest BCUT2D eigenvalue weighted by Gasteiger charge is 1.98. The van der Waals surface area contributed by atoms with Crippen LogP contribution < -0.4 is 0 Å². The molecule has 0 aromatic rings. The van der Waals surface area contributed by atoms with E-state index < -0.39 is 0 Å². The third-order valence-corrected chi connectivity index (χ3v) is 1.21. The van der Waals surface area contributed by atoms with Crippen LogP contribution in [-0.4, -0.2) is 12.8 Å². The molecular formula is C7H14NO. The maximum atomic E-state index is 4.80. The molecule has 9 heavy (non-hydrogen) atoms. The van der Waals surface area contributed by atoms with Gasteiger partial charge in [-0.05, 0) is 19.8 Å². The van der Waals surface area contributed by atoms with E-state index in [1.165, 1.54) is 12.8 Å². The molecule has 0 saturated carbocycles. The van der Waals surface area contributed by atoms with Gasteiger partial charge in [0.15, 0.2) is 0 Å². The molecule has 0 saturated heterocycles. The minimum Gasteiger partial charge on any atom is -0.393 e. The molecule has 0 aliphatic carbocycles. The van der Waals surface area contributed by atoms with E-state index in [-0.39, 0.29) is 6.10 Å². The fourth-order valence-electron chi connectivity index (χ4n) is 0.648. The molecule has 0 amide bonds. The van der Waals surface area contributed by atoms with Crippen molar-refractivity contribution in [2.24, 2.45) is 5.16 Å². The summed E-state index contributed by atoms with van der Waals surface area (Å²) in [6.45, 7) is 8.91. The summed E-state index contributed by atoms with van der Waals surface area (Å²) in [4.78, 5) is 4.75. The summed E-state index contributed by atoms with van der Waals surface area (Å²) in [7, 11) is 0. The highest BCUT2D eigenvalue weighted by Crippen LogP contribution is 2.02. The van der Waals surface area contributed by atoms with Crippen LogP contribution in [0.1, 0.15) is 33.1 Å². The normalized spacial score (nSPS) is 12.7. The number of nitrogens with zero attached hydrogens (tertiary/aromatic N) is 1. The van der Waals surface area contributed by atoms with Gasteiger partial charge in [-0.15, -0.1) is 0 Å². The van der Waals surface area contributed by atoms with Crippen LogP contribution in [0.5, 0.6) is 0 Å². The first-order chi connectivity index (χ1) is 4.31. The van der Waals surface area contributed by atoms with Crippen LogP contribution in [0.15, 0.2) is 5.16 Å². The summed E-state index contributed by atoms with van der Waals surface area (Å²) in [5.74, 6) is 0. The van der Waals surface area contributed by atoms with Gasteiger partial charge in [-0.1, -0.05) is 18.5 Å². The fraction of sp³-hybridized carbons (Fsp3) is 0.857. The van der Waals surface area contributed by atoms with Gasteiger partial charge in [-0.3, -0.25) is 0 Å². The van der Waals surface area contributed by atoms with Crippen molar-refractivity contribution in [3.63, 3.8) is 0 Å². The molecule has 1 unspecified atom stereocenters. The largest absolute Gasteiger partial charge is 0.393 e. The van der Waals surface area contributed by atoms with Crippen LogP contribution in [0.2, 0.25) is 0 Å². The molecule has 0 aliphatic rings. The molecular weight excluding hydrogens is 114 g/mol. The minimum atomic E-state index is 0.176.